The van der Waals surface area contributed by atoms with Crippen LogP contribution in [0.3, 0.4) is 0 Å². The highest BCUT2D eigenvalue weighted by Crippen LogP contribution is 2.09. The summed E-state index contributed by atoms with van der Waals surface area (Å²) in [5.74, 6) is 0. The van der Waals surface area contributed by atoms with Crippen LogP contribution in [-0.2, 0) is 14.8 Å². The zero-order valence-electron chi connectivity index (χ0n) is 29.6. The number of aryl methyl sites for hydroxylation is 1. The van der Waals surface area contributed by atoms with Gasteiger partial charge in [-0.1, -0.05) is 139 Å². The van der Waals surface area contributed by atoms with Crippen molar-refractivity contribution in [2.45, 2.75) is 18.7 Å². The molecule has 52 heavy (non-hydrogen) atoms. The van der Waals surface area contributed by atoms with E-state index in [1.165, 1.54) is 11.8 Å². The Labute approximate surface area is 308 Å². The topological polar surface area (TPSA) is 125 Å². The maximum atomic E-state index is 12.1. The van der Waals surface area contributed by atoms with Crippen molar-refractivity contribution < 1.29 is 13.2 Å². The lowest BCUT2D eigenvalue weighted by molar-refractivity contribution is -0.104. The van der Waals surface area contributed by atoms with Crippen molar-refractivity contribution in [3.8, 4) is 0 Å². The van der Waals surface area contributed by atoms with Crippen molar-refractivity contribution in [1.82, 2.24) is 4.83 Å². The van der Waals surface area contributed by atoms with Crippen LogP contribution in [0.4, 0.5) is 0 Å². The number of allylic oxidation sites excluding steroid dienone is 20. The minimum absolute atomic E-state index is 0.177. The fourth-order valence-corrected chi connectivity index (χ4v) is 4.42. The molecule has 4 aliphatic rings. The summed E-state index contributed by atoms with van der Waals surface area (Å²) in [5, 5.41) is 3.79. The molecule has 0 unspecified atom stereocenters. The molecule has 1 aromatic rings. The van der Waals surface area contributed by atoms with E-state index in [1.807, 2.05) is 136 Å². The lowest BCUT2D eigenvalue weighted by Crippen LogP contribution is -2.18. The van der Waals surface area contributed by atoms with E-state index in [1.54, 1.807) is 55.1 Å². The molecule has 10 heteroatoms. The normalized spacial score (nSPS) is 21.5. The molecule has 4 aliphatic heterocycles. The second kappa shape index (κ2) is 27.7. The van der Waals surface area contributed by atoms with Crippen molar-refractivity contribution in [2.24, 2.45) is 25.1 Å². The summed E-state index contributed by atoms with van der Waals surface area (Å²) in [7, 11) is -3.65. The molecule has 1 aromatic carbocycles. The van der Waals surface area contributed by atoms with Crippen molar-refractivity contribution in [3.63, 3.8) is 0 Å². The number of hydrogen-bond acceptors (Lipinski definition) is 8. The highest BCUT2D eigenvalue weighted by molar-refractivity contribution is 7.89. The number of carbonyl (C=O) groups excluding carboxylic acids is 1. The molecule has 0 atom stereocenters. The predicted molar refractivity (Wildman–Crippen MR) is 222 cm³/mol. The summed E-state index contributed by atoms with van der Waals surface area (Å²) >= 11 is 0. The molecule has 0 aliphatic carbocycles. The zero-order valence-corrected chi connectivity index (χ0v) is 30.4. The van der Waals surface area contributed by atoms with Gasteiger partial charge in [-0.25, -0.2) is 4.83 Å². The van der Waals surface area contributed by atoms with Crippen LogP contribution in [0.5, 0.6) is 0 Å². The Morgan fingerprint density at radius 1 is 0.577 bits per heavy atom. The van der Waals surface area contributed by atoms with Gasteiger partial charge in [0.1, 0.15) is 0 Å². The van der Waals surface area contributed by atoms with E-state index in [0.29, 0.717) is 24.2 Å². The highest BCUT2D eigenvalue weighted by atomic mass is 32.2. The van der Waals surface area contributed by atoms with Gasteiger partial charge in [-0.2, -0.15) is 13.5 Å². The van der Waals surface area contributed by atoms with E-state index in [0.717, 1.165) is 24.9 Å². The summed E-state index contributed by atoms with van der Waals surface area (Å²) in [6.07, 6.45) is 49.7. The molecular weight excluding hydrogens is 669 g/mol. The van der Waals surface area contributed by atoms with Crippen LogP contribution in [0.2, 0.25) is 0 Å². The van der Waals surface area contributed by atoms with Gasteiger partial charge in [0.05, 0.1) is 37.3 Å². The number of rotatable bonds is 5. The molecule has 9 nitrogen and oxygen atoms in total. The molecule has 0 bridgehead atoms. The van der Waals surface area contributed by atoms with Crippen LogP contribution in [0.25, 0.3) is 0 Å². The fraction of sp³-hybridized carbons (Fsp3) is 0.143. The van der Waals surface area contributed by atoms with Crippen molar-refractivity contribution >= 4 is 47.4 Å². The average molecular weight is 715 g/mol. The number of aldehydes is 1. The van der Waals surface area contributed by atoms with Gasteiger partial charge in [0, 0.05) is 36.0 Å². The minimum atomic E-state index is -3.65. The van der Waals surface area contributed by atoms with Crippen molar-refractivity contribution in [1.29, 1.82) is 0 Å². The minimum Gasteiger partial charge on any atom is -0.298 e. The van der Waals surface area contributed by atoms with Crippen LogP contribution in [0, 0.1) is 6.92 Å². The van der Waals surface area contributed by atoms with Crippen LogP contribution >= 0.6 is 0 Å². The van der Waals surface area contributed by atoms with Crippen molar-refractivity contribution in [2.75, 3.05) is 26.2 Å². The fourth-order valence-electron chi connectivity index (χ4n) is 3.63. The van der Waals surface area contributed by atoms with Gasteiger partial charge in [0.2, 0.25) is 0 Å². The van der Waals surface area contributed by atoms with Gasteiger partial charge in [0.15, 0.2) is 6.29 Å². The Kier molecular flexibility index (Phi) is 22.4. The number of nitrogens with one attached hydrogen (secondary N) is 1. The average Bonchev–Trinajstić information content (AvgIpc) is 3.51. The molecule has 0 saturated carbocycles. The maximum absolute atomic E-state index is 12.1. The largest absolute Gasteiger partial charge is 0.298 e. The molecule has 0 amide bonds. The molecule has 268 valence electrons. The first-order valence-electron chi connectivity index (χ1n) is 16.5. The zero-order chi connectivity index (χ0) is 37.4. The highest BCUT2D eigenvalue weighted by Gasteiger charge is 2.11. The summed E-state index contributed by atoms with van der Waals surface area (Å²) in [6.45, 7) is 6.72. The van der Waals surface area contributed by atoms with E-state index < -0.39 is 10.0 Å². The lowest BCUT2D eigenvalue weighted by atomic mass is 10.2. The third-order valence-corrected chi connectivity index (χ3v) is 7.49. The number of carbonyl (C=O) groups is 1. The lowest BCUT2D eigenvalue weighted by Gasteiger charge is -2.03. The first kappa shape index (κ1) is 42.0. The van der Waals surface area contributed by atoms with Gasteiger partial charge in [-0.3, -0.25) is 24.8 Å². The van der Waals surface area contributed by atoms with Crippen LogP contribution < -0.4 is 4.83 Å². The van der Waals surface area contributed by atoms with Gasteiger partial charge < -0.3 is 0 Å². The Morgan fingerprint density at radius 3 is 1.67 bits per heavy atom. The Morgan fingerprint density at radius 2 is 1.06 bits per heavy atom. The van der Waals surface area contributed by atoms with Crippen LogP contribution in [-0.4, -0.2) is 72.0 Å². The standard InChI is InChI=1S/C16H17N3O2S.C9H9NO.C9H11N.C8H9N/c1-14-7-9-16(10-8-14)22(20,21)19-18-13-15-6-4-2-3-5-11-17-12-15;11-8-9-5-3-1-2-4-6-10-7-9;1-9-6-4-2-3-5-7-10-8-9;1-2-4-6-8-9-7-5-3-1/h2-10,12-13,19H,11H2,1H3;1-5,7-8H,6H2;2-6,8H,7H2,1H3;1-7H,8H2/b4-2-,5-3-,15-6-,17-12?,18-13+;3-1-,4-2-,9-5?,10-7?;4-2-,5-3-,9-6?,10-8?;2-1?,5-3+,6-4?,9-7?. The predicted octanol–water partition coefficient (Wildman–Crippen LogP) is 7.56. The van der Waals surface area contributed by atoms with E-state index in [9.17, 15) is 13.2 Å². The summed E-state index contributed by atoms with van der Waals surface area (Å²) in [5.41, 5.74) is 3.49. The second-order valence-corrected chi connectivity index (χ2v) is 12.3. The molecular formula is C42H46N6O3S. The molecule has 0 aromatic heterocycles. The number of sulfonamides is 1. The number of nitrogens with zero attached hydrogens (tertiary/aromatic N) is 5. The monoisotopic (exact) mass is 714 g/mol. The van der Waals surface area contributed by atoms with Crippen LogP contribution in [0.15, 0.2) is 199 Å². The number of hydrazone groups is 1. The molecule has 0 fully saturated rings. The van der Waals surface area contributed by atoms with Gasteiger partial charge in [-0.05, 0) is 37.6 Å². The molecule has 0 spiro atoms. The first-order valence-corrected chi connectivity index (χ1v) is 18.0. The molecule has 5 rings (SSSR count). The van der Waals surface area contributed by atoms with E-state index in [4.69, 9.17) is 0 Å². The van der Waals surface area contributed by atoms with E-state index >= 15 is 0 Å². The molecule has 0 saturated heterocycles. The Hall–Kier alpha value is -6.13. The first-order chi connectivity index (χ1) is 25.4. The molecule has 0 radical (unpaired) electrons. The third-order valence-electron chi connectivity index (χ3n) is 6.26. The van der Waals surface area contributed by atoms with Gasteiger partial charge in [0.25, 0.3) is 10.0 Å². The number of hydrogen-bond donors (Lipinski definition) is 1. The smallest absolute Gasteiger partial charge is 0.276 e. The Bertz CT molecular complexity index is 1870. The quantitative estimate of drug-likeness (QED) is 0.192. The molecule has 4 heterocycles. The number of benzene rings is 1. The van der Waals surface area contributed by atoms with Gasteiger partial charge >= 0.3 is 0 Å². The van der Waals surface area contributed by atoms with Crippen molar-refractivity contribution in [3.05, 3.63) is 174 Å². The second-order valence-electron chi connectivity index (χ2n) is 10.7. The molecule has 1 N–H and O–H groups in total. The SMILES string of the molecule is C1=C/C=C/C=NCC=C1.CC1=C/C=C\C=C/CN=C1.Cc1ccc(S(=O)(=O)N/N=C/C2=C\C=C/C=C\CN=C2)cc1.O=CC1=C/C=C\C=C/CN=C1. The van der Waals surface area contributed by atoms with E-state index in [2.05, 4.69) is 29.9 Å². The maximum Gasteiger partial charge on any atom is 0.276 e. The Balaban J connectivity index is 0.000000262. The summed E-state index contributed by atoms with van der Waals surface area (Å²) < 4.78 is 24.1. The van der Waals surface area contributed by atoms with Gasteiger partial charge in [-0.15, -0.1) is 0 Å². The third kappa shape index (κ3) is 21.8. The number of aliphatic imine (C=N–C) groups is 4. The summed E-state index contributed by atoms with van der Waals surface area (Å²) in [4.78, 5) is 29.1. The van der Waals surface area contributed by atoms with Crippen LogP contribution in [0.1, 0.15) is 12.5 Å². The van der Waals surface area contributed by atoms with E-state index in [-0.39, 0.29) is 4.90 Å². The summed E-state index contributed by atoms with van der Waals surface area (Å²) in [6, 6.07) is 6.57.